The largest absolute Gasteiger partial charge is 0.497 e. The van der Waals surface area contributed by atoms with Gasteiger partial charge in [0.25, 0.3) is 10.0 Å². The summed E-state index contributed by atoms with van der Waals surface area (Å²) in [4.78, 5) is 30.0. The number of anilines is 1. The van der Waals surface area contributed by atoms with Crippen LogP contribution in [0.25, 0.3) is 0 Å². The van der Waals surface area contributed by atoms with E-state index in [0.29, 0.717) is 29.4 Å². The molecule has 0 fully saturated rings. The van der Waals surface area contributed by atoms with Crippen molar-refractivity contribution in [1.29, 1.82) is 0 Å². The average Bonchev–Trinajstić information content (AvgIpc) is 3.12. The molecule has 0 unspecified atom stereocenters. The maximum Gasteiger partial charge on any atom is 0.264 e. The second-order valence-corrected chi connectivity index (χ2v) is 13.6. The minimum atomic E-state index is -4.38. The molecule has 0 aliphatic rings. The highest BCUT2D eigenvalue weighted by atomic mass is 32.2. The Morgan fingerprint density at radius 2 is 1.44 bits per heavy atom. The van der Waals surface area contributed by atoms with E-state index in [1.54, 1.807) is 49.6 Å². The number of hydrogen-bond acceptors (Lipinski definition) is 8. The molecule has 4 aromatic rings. The van der Waals surface area contributed by atoms with Gasteiger partial charge < -0.3 is 29.2 Å². The lowest BCUT2D eigenvalue weighted by Crippen LogP contribution is -2.54. The molecule has 0 saturated heterocycles. The lowest BCUT2D eigenvalue weighted by atomic mass is 10.0. The van der Waals surface area contributed by atoms with Crippen LogP contribution in [0.1, 0.15) is 31.9 Å². The molecule has 0 bridgehead atoms. The number of amides is 2. The number of benzene rings is 4. The molecule has 1 atom stereocenters. The number of nitrogens with one attached hydrogen (secondary N) is 1. The highest BCUT2D eigenvalue weighted by Gasteiger charge is 2.35. The Balaban J connectivity index is 1.84. The third-order valence-corrected chi connectivity index (χ3v) is 9.62. The molecule has 4 rings (SSSR count). The summed E-state index contributed by atoms with van der Waals surface area (Å²) in [6.45, 7) is 5.34. The molecule has 0 spiro atoms. The molecule has 1 N–H and O–H groups in total. The number of carbonyl (C=O) groups is 2. The van der Waals surface area contributed by atoms with Gasteiger partial charge in [-0.2, -0.15) is 0 Å². The molecule has 0 aliphatic carbocycles. The minimum Gasteiger partial charge on any atom is -0.497 e. The van der Waals surface area contributed by atoms with Crippen molar-refractivity contribution in [3.63, 3.8) is 0 Å². The standard InChI is InChI=1S/C38H45N3O8S/c1-7-49-31-18-16-30(17-19-31)41(50(44,45)33-20-21-35(47-5)36(24-33)48-6)26-37(42)40(25-29-14-11-15-32(22-29)46-4)34(38(43)39-27(2)3)23-28-12-9-8-10-13-28/h8-22,24,27,34H,7,23,25-26H2,1-6H3,(H,39,43)/t34-/m1/s1. The van der Waals surface area contributed by atoms with Crippen molar-refractivity contribution in [3.8, 4) is 23.0 Å². The monoisotopic (exact) mass is 703 g/mol. The lowest BCUT2D eigenvalue weighted by molar-refractivity contribution is -0.140. The van der Waals surface area contributed by atoms with E-state index in [1.807, 2.05) is 57.2 Å². The van der Waals surface area contributed by atoms with Gasteiger partial charge in [0.15, 0.2) is 11.5 Å². The Hall–Kier alpha value is -5.23. The number of methoxy groups -OCH3 is 3. The van der Waals surface area contributed by atoms with E-state index in [4.69, 9.17) is 18.9 Å². The summed E-state index contributed by atoms with van der Waals surface area (Å²) in [5, 5.41) is 2.96. The second-order valence-electron chi connectivity index (χ2n) is 11.7. The van der Waals surface area contributed by atoms with Crippen molar-refractivity contribution in [3.05, 3.63) is 108 Å². The Kier molecular flexibility index (Phi) is 13.1. The van der Waals surface area contributed by atoms with Crippen LogP contribution in [-0.4, -0.2) is 71.7 Å². The molecule has 0 radical (unpaired) electrons. The molecule has 12 heteroatoms. The van der Waals surface area contributed by atoms with Gasteiger partial charge >= 0.3 is 0 Å². The smallest absolute Gasteiger partial charge is 0.264 e. The van der Waals surface area contributed by atoms with Gasteiger partial charge in [0.2, 0.25) is 11.8 Å². The van der Waals surface area contributed by atoms with Crippen molar-refractivity contribution in [2.45, 2.75) is 50.7 Å². The van der Waals surface area contributed by atoms with Crippen molar-refractivity contribution in [2.24, 2.45) is 0 Å². The summed E-state index contributed by atoms with van der Waals surface area (Å²) >= 11 is 0. The lowest BCUT2D eigenvalue weighted by Gasteiger charge is -2.34. The van der Waals surface area contributed by atoms with E-state index >= 15 is 0 Å². The number of ether oxygens (including phenoxy) is 4. The number of nitrogens with zero attached hydrogens (tertiary/aromatic N) is 2. The Labute approximate surface area is 294 Å². The first-order valence-electron chi connectivity index (χ1n) is 16.2. The van der Waals surface area contributed by atoms with Crippen LogP contribution in [-0.2, 0) is 32.6 Å². The van der Waals surface area contributed by atoms with Gasteiger partial charge in [0, 0.05) is 25.1 Å². The third kappa shape index (κ3) is 9.47. The van der Waals surface area contributed by atoms with E-state index in [9.17, 15) is 18.0 Å². The van der Waals surface area contributed by atoms with Gasteiger partial charge in [-0.05, 0) is 80.4 Å². The number of hydrogen-bond donors (Lipinski definition) is 1. The number of rotatable bonds is 17. The Morgan fingerprint density at radius 3 is 2.06 bits per heavy atom. The van der Waals surface area contributed by atoms with Crippen LogP contribution < -0.4 is 28.6 Å². The summed E-state index contributed by atoms with van der Waals surface area (Å²) in [6, 6.07) is 26.1. The zero-order valence-electron chi connectivity index (χ0n) is 29.3. The van der Waals surface area contributed by atoms with E-state index in [0.717, 1.165) is 9.87 Å². The van der Waals surface area contributed by atoms with Crippen LogP contribution in [0, 0.1) is 0 Å². The zero-order valence-corrected chi connectivity index (χ0v) is 30.1. The van der Waals surface area contributed by atoms with Gasteiger partial charge in [-0.15, -0.1) is 0 Å². The molecular formula is C38H45N3O8S. The topological polar surface area (TPSA) is 124 Å². The number of carbonyl (C=O) groups excluding carboxylic acids is 2. The fourth-order valence-corrected chi connectivity index (χ4v) is 6.84. The molecule has 0 aromatic heterocycles. The van der Waals surface area contributed by atoms with Gasteiger partial charge in [-0.25, -0.2) is 8.42 Å². The van der Waals surface area contributed by atoms with Gasteiger partial charge in [-0.1, -0.05) is 42.5 Å². The summed E-state index contributed by atoms with van der Waals surface area (Å²) in [5.74, 6) is 0.715. The summed E-state index contributed by atoms with van der Waals surface area (Å²) < 4.78 is 51.7. The maximum atomic E-state index is 14.7. The van der Waals surface area contributed by atoms with Gasteiger partial charge in [-0.3, -0.25) is 13.9 Å². The van der Waals surface area contributed by atoms with Crippen LogP contribution in [0.15, 0.2) is 102 Å². The van der Waals surface area contributed by atoms with Crippen LogP contribution in [0.4, 0.5) is 5.69 Å². The third-order valence-electron chi connectivity index (χ3n) is 7.85. The Bertz CT molecular complexity index is 1830. The first-order valence-corrected chi connectivity index (χ1v) is 17.7. The van der Waals surface area contributed by atoms with E-state index in [1.165, 1.54) is 37.3 Å². The van der Waals surface area contributed by atoms with Crippen LogP contribution >= 0.6 is 0 Å². The van der Waals surface area contributed by atoms with Crippen LogP contribution in [0.3, 0.4) is 0 Å². The predicted molar refractivity (Wildman–Crippen MR) is 192 cm³/mol. The molecule has 0 aliphatic heterocycles. The molecule has 4 aromatic carbocycles. The van der Waals surface area contributed by atoms with Crippen LogP contribution in [0.2, 0.25) is 0 Å². The van der Waals surface area contributed by atoms with Gasteiger partial charge in [0.1, 0.15) is 24.1 Å². The highest BCUT2D eigenvalue weighted by molar-refractivity contribution is 7.92. The first-order chi connectivity index (χ1) is 24.0. The van der Waals surface area contributed by atoms with E-state index < -0.39 is 28.5 Å². The molecule has 11 nitrogen and oxygen atoms in total. The average molecular weight is 704 g/mol. The molecular weight excluding hydrogens is 658 g/mol. The summed E-state index contributed by atoms with van der Waals surface area (Å²) in [6.07, 6.45) is 0.195. The van der Waals surface area contributed by atoms with Crippen molar-refractivity contribution < 1.29 is 37.0 Å². The number of sulfonamides is 1. The first kappa shape index (κ1) is 37.6. The SMILES string of the molecule is CCOc1ccc(N(CC(=O)N(Cc2cccc(OC)c2)[C@H](Cc2ccccc2)C(=O)NC(C)C)S(=O)(=O)c2ccc(OC)c(OC)c2)cc1. The van der Waals surface area contributed by atoms with Crippen molar-refractivity contribution >= 4 is 27.5 Å². The molecule has 50 heavy (non-hydrogen) atoms. The minimum absolute atomic E-state index is 0.00652. The molecule has 0 saturated carbocycles. The predicted octanol–water partition coefficient (Wildman–Crippen LogP) is 5.47. The maximum absolute atomic E-state index is 14.7. The fraction of sp³-hybridized carbons (Fsp3) is 0.316. The summed E-state index contributed by atoms with van der Waals surface area (Å²) in [7, 11) is 0.0256. The quantitative estimate of drug-likeness (QED) is 0.154. The second kappa shape index (κ2) is 17.4. The normalized spacial score (nSPS) is 11.7. The van der Waals surface area contributed by atoms with Crippen molar-refractivity contribution in [1.82, 2.24) is 10.2 Å². The zero-order chi connectivity index (χ0) is 36.3. The van der Waals surface area contributed by atoms with E-state index in [2.05, 4.69) is 5.32 Å². The summed E-state index contributed by atoms with van der Waals surface area (Å²) in [5.41, 5.74) is 1.76. The van der Waals surface area contributed by atoms with Gasteiger partial charge in [0.05, 0.1) is 38.5 Å². The van der Waals surface area contributed by atoms with Crippen molar-refractivity contribution in [2.75, 3.05) is 38.8 Å². The Morgan fingerprint density at radius 1 is 0.760 bits per heavy atom. The highest BCUT2D eigenvalue weighted by Crippen LogP contribution is 2.33. The molecule has 0 heterocycles. The molecule has 2 amide bonds. The van der Waals surface area contributed by atoms with E-state index in [-0.39, 0.29) is 41.2 Å². The molecule has 266 valence electrons. The fourth-order valence-electron chi connectivity index (χ4n) is 5.41. The van der Waals surface area contributed by atoms with Crippen LogP contribution in [0.5, 0.6) is 23.0 Å².